The Balaban J connectivity index is 1.66. The van der Waals surface area contributed by atoms with E-state index in [2.05, 4.69) is 49.0 Å². The minimum absolute atomic E-state index is 0.452. The second-order valence-electron chi connectivity index (χ2n) is 4.91. The minimum Gasteiger partial charge on any atom is -0.486 e. The van der Waals surface area contributed by atoms with E-state index in [0.717, 1.165) is 23.0 Å². The molecular weight excluding hydrogens is 300 g/mol. The van der Waals surface area contributed by atoms with Gasteiger partial charge in [-0.1, -0.05) is 30.3 Å². The Labute approximate surface area is 135 Å². The van der Waals surface area contributed by atoms with Gasteiger partial charge in [0.15, 0.2) is 11.5 Å². The van der Waals surface area contributed by atoms with Gasteiger partial charge in [-0.2, -0.15) is 12.6 Å². The highest BCUT2D eigenvalue weighted by molar-refractivity contribution is 7.99. The summed E-state index contributed by atoms with van der Waals surface area (Å²) in [7, 11) is 0. The molecule has 21 heavy (non-hydrogen) atoms. The van der Waals surface area contributed by atoms with Crippen LogP contribution < -0.4 is 9.47 Å². The van der Waals surface area contributed by atoms with Crippen LogP contribution in [0.2, 0.25) is 0 Å². The highest BCUT2D eigenvalue weighted by Gasteiger charge is 2.14. The van der Waals surface area contributed by atoms with E-state index in [1.165, 1.54) is 10.5 Å². The van der Waals surface area contributed by atoms with E-state index in [1.807, 2.05) is 23.9 Å². The Morgan fingerprint density at radius 3 is 2.52 bits per heavy atom. The van der Waals surface area contributed by atoms with Crippen molar-refractivity contribution in [3.05, 3.63) is 54.1 Å². The van der Waals surface area contributed by atoms with Crippen molar-refractivity contribution in [1.82, 2.24) is 0 Å². The predicted octanol–water partition coefficient (Wildman–Crippen LogP) is 4.26. The van der Waals surface area contributed by atoms with Gasteiger partial charge in [0.1, 0.15) is 13.2 Å². The quantitative estimate of drug-likeness (QED) is 0.656. The van der Waals surface area contributed by atoms with Gasteiger partial charge in [0, 0.05) is 16.6 Å². The van der Waals surface area contributed by atoms with Crippen molar-refractivity contribution < 1.29 is 9.47 Å². The molecule has 0 N–H and O–H groups in total. The van der Waals surface area contributed by atoms with Crippen molar-refractivity contribution in [2.75, 3.05) is 24.7 Å². The molecule has 0 spiro atoms. The molecule has 4 heteroatoms. The lowest BCUT2D eigenvalue weighted by atomic mass is 10.0. The van der Waals surface area contributed by atoms with Crippen LogP contribution in [0, 0.1) is 0 Å². The monoisotopic (exact) mass is 318 g/mol. The maximum absolute atomic E-state index is 5.63. The molecular formula is C17H18O2S2. The molecule has 0 saturated carbocycles. The average Bonchev–Trinajstić information content (AvgIpc) is 2.56. The van der Waals surface area contributed by atoms with E-state index >= 15 is 0 Å². The smallest absolute Gasteiger partial charge is 0.162 e. The van der Waals surface area contributed by atoms with E-state index in [9.17, 15) is 0 Å². The number of thioether (sulfide) groups is 1. The van der Waals surface area contributed by atoms with Crippen LogP contribution in [0.25, 0.3) is 0 Å². The molecule has 0 bridgehead atoms. The molecule has 0 aliphatic carbocycles. The van der Waals surface area contributed by atoms with Crippen molar-refractivity contribution >= 4 is 24.4 Å². The van der Waals surface area contributed by atoms with E-state index in [-0.39, 0.29) is 0 Å². The number of benzene rings is 2. The third-order valence-corrected chi connectivity index (χ3v) is 5.05. The van der Waals surface area contributed by atoms with Gasteiger partial charge < -0.3 is 9.47 Å². The lowest BCUT2D eigenvalue weighted by Crippen LogP contribution is -2.15. The number of fused-ring (bicyclic) bond motifs is 1. The molecule has 0 aromatic heterocycles. The van der Waals surface area contributed by atoms with Crippen LogP contribution >= 0.6 is 24.4 Å². The second kappa shape index (κ2) is 7.14. The first-order chi connectivity index (χ1) is 10.4. The number of ether oxygens (including phenoxy) is 2. The molecule has 1 aliphatic rings. The fourth-order valence-electron chi connectivity index (χ4n) is 2.29. The molecule has 110 valence electrons. The SMILES string of the molecule is SCC(CSc1ccc2c(c1)OCCO2)c1ccccc1. The average molecular weight is 318 g/mol. The Bertz CT molecular complexity index is 587. The number of thiol groups is 1. The van der Waals surface area contributed by atoms with Crippen molar-refractivity contribution in [2.24, 2.45) is 0 Å². The molecule has 0 saturated heterocycles. The van der Waals surface area contributed by atoms with Crippen LogP contribution in [0.3, 0.4) is 0 Å². The highest BCUT2D eigenvalue weighted by Crippen LogP contribution is 2.35. The lowest BCUT2D eigenvalue weighted by molar-refractivity contribution is 0.171. The summed E-state index contributed by atoms with van der Waals surface area (Å²) in [6.07, 6.45) is 0. The summed E-state index contributed by atoms with van der Waals surface area (Å²) < 4.78 is 11.2. The summed E-state index contributed by atoms with van der Waals surface area (Å²) in [5.74, 6) is 4.01. The van der Waals surface area contributed by atoms with Gasteiger partial charge in [-0.05, 0) is 29.5 Å². The second-order valence-corrected chi connectivity index (χ2v) is 6.37. The van der Waals surface area contributed by atoms with Crippen LogP contribution in [0.15, 0.2) is 53.4 Å². The number of rotatable bonds is 5. The van der Waals surface area contributed by atoms with Gasteiger partial charge in [-0.15, -0.1) is 11.8 Å². The summed E-state index contributed by atoms with van der Waals surface area (Å²) in [5.41, 5.74) is 1.34. The third kappa shape index (κ3) is 3.69. The summed E-state index contributed by atoms with van der Waals surface area (Å²) >= 11 is 6.33. The predicted molar refractivity (Wildman–Crippen MR) is 91.2 cm³/mol. The first kappa shape index (κ1) is 14.7. The molecule has 2 aromatic rings. The highest BCUT2D eigenvalue weighted by atomic mass is 32.2. The number of hydrogen-bond donors (Lipinski definition) is 1. The topological polar surface area (TPSA) is 18.5 Å². The van der Waals surface area contributed by atoms with E-state index in [1.54, 1.807) is 0 Å². The third-order valence-electron chi connectivity index (χ3n) is 3.46. The van der Waals surface area contributed by atoms with Crippen LogP contribution in [-0.4, -0.2) is 24.7 Å². The Morgan fingerprint density at radius 2 is 1.76 bits per heavy atom. The van der Waals surface area contributed by atoms with Crippen LogP contribution in [0.5, 0.6) is 11.5 Å². The maximum atomic E-state index is 5.63. The Hall–Kier alpha value is -1.26. The summed E-state index contributed by atoms with van der Waals surface area (Å²) in [6, 6.07) is 16.7. The maximum Gasteiger partial charge on any atom is 0.162 e. The van der Waals surface area contributed by atoms with Crippen molar-refractivity contribution in [3.63, 3.8) is 0 Å². The van der Waals surface area contributed by atoms with Gasteiger partial charge in [-0.3, -0.25) is 0 Å². The van der Waals surface area contributed by atoms with Gasteiger partial charge >= 0.3 is 0 Å². The first-order valence-electron chi connectivity index (χ1n) is 7.05. The molecule has 1 atom stereocenters. The fourth-order valence-corrected chi connectivity index (χ4v) is 3.86. The molecule has 2 nitrogen and oxygen atoms in total. The van der Waals surface area contributed by atoms with Crippen molar-refractivity contribution in [3.8, 4) is 11.5 Å². The lowest BCUT2D eigenvalue weighted by Gasteiger charge is -2.19. The molecule has 0 amide bonds. The van der Waals surface area contributed by atoms with E-state index < -0.39 is 0 Å². The van der Waals surface area contributed by atoms with E-state index in [0.29, 0.717) is 19.1 Å². The van der Waals surface area contributed by atoms with Gasteiger partial charge in [-0.25, -0.2) is 0 Å². The van der Waals surface area contributed by atoms with Crippen LogP contribution in [-0.2, 0) is 0 Å². The standard InChI is InChI=1S/C17H18O2S2/c20-11-14(13-4-2-1-3-5-13)12-21-15-6-7-16-17(10-15)19-9-8-18-16/h1-7,10,14,20H,8-9,11-12H2. The van der Waals surface area contributed by atoms with Gasteiger partial charge in [0.25, 0.3) is 0 Å². The van der Waals surface area contributed by atoms with Crippen molar-refractivity contribution in [2.45, 2.75) is 10.8 Å². The molecule has 3 rings (SSSR count). The zero-order valence-electron chi connectivity index (χ0n) is 11.7. The molecule has 0 radical (unpaired) electrons. The largest absolute Gasteiger partial charge is 0.486 e. The zero-order chi connectivity index (χ0) is 14.5. The summed E-state index contributed by atoms with van der Waals surface area (Å²) in [4.78, 5) is 1.21. The van der Waals surface area contributed by atoms with E-state index in [4.69, 9.17) is 9.47 Å². The van der Waals surface area contributed by atoms with Gasteiger partial charge in [0.2, 0.25) is 0 Å². The van der Waals surface area contributed by atoms with Crippen LogP contribution in [0.4, 0.5) is 0 Å². The summed E-state index contributed by atoms with van der Waals surface area (Å²) in [6.45, 7) is 1.26. The Morgan fingerprint density at radius 1 is 1.00 bits per heavy atom. The summed E-state index contributed by atoms with van der Waals surface area (Å²) in [5, 5.41) is 0. The molecule has 1 heterocycles. The van der Waals surface area contributed by atoms with Gasteiger partial charge in [0.05, 0.1) is 0 Å². The molecule has 0 fully saturated rings. The first-order valence-corrected chi connectivity index (χ1v) is 8.67. The number of hydrogen-bond acceptors (Lipinski definition) is 4. The molecule has 1 unspecified atom stereocenters. The van der Waals surface area contributed by atoms with Crippen molar-refractivity contribution in [1.29, 1.82) is 0 Å². The molecule has 2 aromatic carbocycles. The minimum atomic E-state index is 0.452. The zero-order valence-corrected chi connectivity index (χ0v) is 13.4. The normalized spacial score (nSPS) is 14.7. The fraction of sp³-hybridized carbons (Fsp3) is 0.294. The molecule has 1 aliphatic heterocycles. The van der Waals surface area contributed by atoms with Crippen LogP contribution in [0.1, 0.15) is 11.5 Å². The Kier molecular flexibility index (Phi) is 4.99.